The summed E-state index contributed by atoms with van der Waals surface area (Å²) in [5.74, 6) is 1.17. The molecule has 2 unspecified atom stereocenters. The summed E-state index contributed by atoms with van der Waals surface area (Å²) in [7, 11) is 0. The topological polar surface area (TPSA) is 0 Å². The van der Waals surface area contributed by atoms with Gasteiger partial charge in [0.05, 0.1) is 0 Å². The van der Waals surface area contributed by atoms with Gasteiger partial charge < -0.3 is 0 Å². The summed E-state index contributed by atoms with van der Waals surface area (Å²) in [4.78, 5) is 0. The third-order valence-electron chi connectivity index (χ3n) is 5.08. The lowest BCUT2D eigenvalue weighted by atomic mass is 9.64. The van der Waals surface area contributed by atoms with E-state index >= 15 is 0 Å². The van der Waals surface area contributed by atoms with E-state index in [0.717, 1.165) is 0 Å². The van der Waals surface area contributed by atoms with Gasteiger partial charge in [-0.1, -0.05) is 84.0 Å². The smallest absolute Gasteiger partial charge is 0.00841 e. The highest BCUT2D eigenvalue weighted by Gasteiger charge is 2.35. The summed E-state index contributed by atoms with van der Waals surface area (Å²) in [6.45, 7) is 4.61. The van der Waals surface area contributed by atoms with Crippen LogP contribution in [0.5, 0.6) is 0 Å². The maximum Gasteiger partial charge on any atom is 0.00841 e. The highest BCUT2D eigenvalue weighted by atomic mass is 14.4. The zero-order valence-corrected chi connectivity index (χ0v) is 13.1. The Balaban J connectivity index is 1.98. The molecule has 0 aliphatic heterocycles. The first-order valence-electron chi connectivity index (χ1n) is 7.98. The first-order valence-corrected chi connectivity index (χ1v) is 7.98. The molecule has 2 aromatic rings. The Morgan fingerprint density at radius 1 is 0.545 bits per heavy atom. The molecule has 0 heterocycles. The second-order valence-corrected chi connectivity index (χ2v) is 6.28. The number of fused-ring (bicyclic) bond motifs is 1. The van der Waals surface area contributed by atoms with Gasteiger partial charge in [0.2, 0.25) is 0 Å². The molecule has 0 nitrogen and oxygen atoms in total. The molecule has 0 aromatic heterocycles. The fourth-order valence-electron chi connectivity index (χ4n) is 3.84. The van der Waals surface area contributed by atoms with Crippen molar-refractivity contribution in [2.45, 2.75) is 13.8 Å². The molecular weight excluding hydrogens is 264 g/mol. The minimum atomic E-state index is 0.586. The van der Waals surface area contributed by atoms with Crippen LogP contribution < -0.4 is 0 Å². The van der Waals surface area contributed by atoms with Gasteiger partial charge in [-0.2, -0.15) is 0 Å². The molecule has 0 saturated carbocycles. The van der Waals surface area contributed by atoms with E-state index < -0.39 is 0 Å². The van der Waals surface area contributed by atoms with Gasteiger partial charge in [-0.3, -0.25) is 0 Å². The van der Waals surface area contributed by atoms with Crippen molar-refractivity contribution in [2.75, 3.05) is 0 Å². The molecule has 0 amide bonds. The van der Waals surface area contributed by atoms with Crippen LogP contribution in [0, 0.1) is 11.8 Å². The Morgan fingerprint density at radius 2 is 0.909 bits per heavy atom. The maximum absolute atomic E-state index is 2.36. The first kappa shape index (κ1) is 13.3. The molecule has 0 N–H and O–H groups in total. The summed E-state index contributed by atoms with van der Waals surface area (Å²) >= 11 is 0. The number of rotatable bonds is 2. The fourth-order valence-corrected chi connectivity index (χ4v) is 3.84. The number of hydrogen-bond acceptors (Lipinski definition) is 0. The molecular formula is C22H20. The lowest BCUT2D eigenvalue weighted by Gasteiger charge is -2.39. The molecule has 2 aromatic carbocycles. The van der Waals surface area contributed by atoms with Gasteiger partial charge in [0, 0.05) is 11.8 Å². The van der Waals surface area contributed by atoms with E-state index in [2.05, 4.69) is 86.7 Å². The van der Waals surface area contributed by atoms with Gasteiger partial charge in [0.25, 0.3) is 0 Å². The molecule has 22 heavy (non-hydrogen) atoms. The highest BCUT2D eigenvalue weighted by Crippen LogP contribution is 2.51. The second kappa shape index (κ2) is 5.14. The Labute approximate surface area is 132 Å². The average molecular weight is 284 g/mol. The Morgan fingerprint density at radius 3 is 1.23 bits per heavy atom. The van der Waals surface area contributed by atoms with Gasteiger partial charge in [-0.05, 0) is 36.1 Å². The normalized spacial score (nSPS) is 23.4. The Hall–Kier alpha value is -2.34. The van der Waals surface area contributed by atoms with Crippen LogP contribution in [0.3, 0.4) is 0 Å². The van der Waals surface area contributed by atoms with Crippen molar-refractivity contribution in [1.29, 1.82) is 0 Å². The summed E-state index contributed by atoms with van der Waals surface area (Å²) < 4.78 is 0. The minimum absolute atomic E-state index is 0.586. The van der Waals surface area contributed by atoms with Gasteiger partial charge in [0.15, 0.2) is 0 Å². The lowest BCUT2D eigenvalue weighted by molar-refractivity contribution is 0.546. The zero-order chi connectivity index (χ0) is 15.1. The van der Waals surface area contributed by atoms with Crippen LogP contribution in [0.25, 0.3) is 11.1 Å². The van der Waals surface area contributed by atoms with E-state index in [4.69, 9.17) is 0 Å². The zero-order valence-electron chi connectivity index (χ0n) is 13.1. The molecule has 0 saturated heterocycles. The Bertz CT molecular complexity index is 719. The van der Waals surface area contributed by atoms with Crippen molar-refractivity contribution in [3.05, 3.63) is 95.1 Å². The lowest BCUT2D eigenvalue weighted by Crippen LogP contribution is -2.26. The third kappa shape index (κ3) is 1.91. The Kier molecular flexibility index (Phi) is 3.11. The van der Waals surface area contributed by atoms with E-state index in [9.17, 15) is 0 Å². The van der Waals surface area contributed by atoms with E-state index in [1.807, 2.05) is 0 Å². The van der Waals surface area contributed by atoms with Crippen molar-refractivity contribution in [1.82, 2.24) is 0 Å². The van der Waals surface area contributed by atoms with Crippen LogP contribution in [-0.4, -0.2) is 0 Å². The SMILES string of the molecule is CC1=C(c2ccccc2)C(c2ccccc2)=C(C)C2C=CC12. The molecule has 0 radical (unpaired) electrons. The summed E-state index contributed by atoms with van der Waals surface area (Å²) in [6.07, 6.45) is 4.71. The summed E-state index contributed by atoms with van der Waals surface area (Å²) in [5, 5.41) is 0. The molecule has 4 rings (SSSR count). The number of hydrogen-bond donors (Lipinski definition) is 0. The van der Waals surface area contributed by atoms with Crippen LogP contribution >= 0.6 is 0 Å². The number of allylic oxidation sites excluding steroid dienone is 6. The third-order valence-corrected chi connectivity index (χ3v) is 5.08. The van der Waals surface area contributed by atoms with Crippen LogP contribution in [-0.2, 0) is 0 Å². The molecule has 2 aliphatic carbocycles. The van der Waals surface area contributed by atoms with E-state index in [-0.39, 0.29) is 0 Å². The standard InChI is InChI=1S/C22H20/c1-15-19-13-14-20(19)16(2)22(18-11-7-4-8-12-18)21(15)17-9-5-3-6-10-17/h3-14,19-20H,1-2H3. The van der Waals surface area contributed by atoms with E-state index in [1.165, 1.54) is 33.4 Å². The maximum atomic E-state index is 2.36. The van der Waals surface area contributed by atoms with Crippen LogP contribution in [0.1, 0.15) is 25.0 Å². The molecule has 2 atom stereocenters. The van der Waals surface area contributed by atoms with Crippen molar-refractivity contribution >= 4 is 11.1 Å². The van der Waals surface area contributed by atoms with E-state index in [1.54, 1.807) is 0 Å². The van der Waals surface area contributed by atoms with E-state index in [0.29, 0.717) is 11.8 Å². The quantitative estimate of drug-likeness (QED) is 0.616. The highest BCUT2D eigenvalue weighted by molar-refractivity contribution is 6.08. The minimum Gasteiger partial charge on any atom is -0.0798 e. The van der Waals surface area contributed by atoms with Crippen molar-refractivity contribution in [3.8, 4) is 0 Å². The fraction of sp³-hybridized carbons (Fsp3) is 0.182. The second-order valence-electron chi connectivity index (χ2n) is 6.28. The van der Waals surface area contributed by atoms with Crippen LogP contribution in [0.2, 0.25) is 0 Å². The van der Waals surface area contributed by atoms with Gasteiger partial charge in [-0.15, -0.1) is 0 Å². The van der Waals surface area contributed by atoms with Crippen molar-refractivity contribution < 1.29 is 0 Å². The summed E-state index contributed by atoms with van der Waals surface area (Å²) in [6, 6.07) is 21.7. The van der Waals surface area contributed by atoms with Gasteiger partial charge in [-0.25, -0.2) is 0 Å². The first-order chi connectivity index (χ1) is 10.8. The largest absolute Gasteiger partial charge is 0.0798 e. The number of benzene rings is 2. The van der Waals surface area contributed by atoms with Crippen molar-refractivity contribution in [3.63, 3.8) is 0 Å². The molecule has 0 bridgehead atoms. The molecule has 0 heteroatoms. The predicted molar refractivity (Wildman–Crippen MR) is 94.2 cm³/mol. The van der Waals surface area contributed by atoms with Crippen molar-refractivity contribution in [2.24, 2.45) is 11.8 Å². The van der Waals surface area contributed by atoms with Crippen LogP contribution in [0.15, 0.2) is 84.0 Å². The monoisotopic (exact) mass is 284 g/mol. The molecule has 2 aliphatic rings. The molecule has 0 fully saturated rings. The summed E-state index contributed by atoms with van der Waals surface area (Å²) in [5.41, 5.74) is 8.52. The average Bonchev–Trinajstić information content (AvgIpc) is 2.51. The predicted octanol–water partition coefficient (Wildman–Crippen LogP) is 5.75. The van der Waals surface area contributed by atoms with Gasteiger partial charge in [0.1, 0.15) is 0 Å². The molecule has 108 valence electrons. The van der Waals surface area contributed by atoms with Gasteiger partial charge >= 0.3 is 0 Å². The molecule has 0 spiro atoms. The van der Waals surface area contributed by atoms with Crippen LogP contribution in [0.4, 0.5) is 0 Å².